The lowest BCUT2D eigenvalue weighted by Gasteiger charge is -2.04. The Bertz CT molecular complexity index is 734. The highest BCUT2D eigenvalue weighted by Gasteiger charge is 2.12. The number of pyridine rings is 1. The maximum absolute atomic E-state index is 5.16. The lowest BCUT2D eigenvalue weighted by atomic mass is 10.3. The number of hydrogen-bond acceptors (Lipinski definition) is 3. The minimum absolute atomic E-state index is 0.825. The maximum atomic E-state index is 5.16. The van der Waals surface area contributed by atoms with Crippen molar-refractivity contribution in [2.24, 2.45) is 0 Å². The summed E-state index contributed by atoms with van der Waals surface area (Å²) in [5, 5.41) is 5.60. The Hall–Kier alpha value is -1.88. The molecule has 0 amide bonds. The first kappa shape index (κ1) is 12.2. The molecule has 2 aromatic heterocycles. The number of hydrogen-bond donors (Lipinski definition) is 0. The van der Waals surface area contributed by atoms with Crippen molar-refractivity contribution < 1.29 is 4.74 Å². The molecule has 19 heavy (non-hydrogen) atoms. The van der Waals surface area contributed by atoms with Crippen LogP contribution in [-0.2, 0) is 0 Å². The van der Waals surface area contributed by atoms with Crippen LogP contribution in [0.1, 0.15) is 5.69 Å². The van der Waals surface area contributed by atoms with Gasteiger partial charge in [0.25, 0.3) is 0 Å². The number of nitrogens with zero attached hydrogens (tertiary/aromatic N) is 3. The summed E-state index contributed by atoms with van der Waals surface area (Å²) in [5.74, 6) is 0.825. The second-order valence-corrected chi connectivity index (χ2v) is 5.04. The van der Waals surface area contributed by atoms with Crippen LogP contribution in [0.25, 0.3) is 16.7 Å². The average molecular weight is 318 g/mol. The Morgan fingerprint density at radius 2 is 1.89 bits per heavy atom. The highest BCUT2D eigenvalue weighted by molar-refractivity contribution is 9.10. The largest absolute Gasteiger partial charge is 0.497 e. The molecule has 1 aromatic carbocycles. The Morgan fingerprint density at radius 3 is 2.58 bits per heavy atom. The van der Waals surface area contributed by atoms with Gasteiger partial charge in [-0.1, -0.05) is 0 Å². The van der Waals surface area contributed by atoms with Crippen LogP contribution < -0.4 is 4.74 Å². The molecule has 4 nitrogen and oxygen atoms in total. The molecule has 0 N–H and O–H groups in total. The van der Waals surface area contributed by atoms with Gasteiger partial charge in [-0.3, -0.25) is 0 Å². The predicted octanol–water partition coefficient (Wildman–Crippen LogP) is 3.50. The Kier molecular flexibility index (Phi) is 2.98. The average Bonchev–Trinajstić information content (AvgIpc) is 2.78. The third-order valence-corrected chi connectivity index (χ3v) is 3.67. The summed E-state index contributed by atoms with van der Waals surface area (Å²) in [6.45, 7) is 1.98. The molecule has 0 unspecified atom stereocenters. The summed E-state index contributed by atoms with van der Waals surface area (Å²) in [4.78, 5) is 4.42. The normalized spacial score (nSPS) is 10.9. The Morgan fingerprint density at radius 1 is 1.16 bits per heavy atom. The number of benzene rings is 1. The topological polar surface area (TPSA) is 39.9 Å². The molecule has 0 atom stereocenters. The van der Waals surface area contributed by atoms with Gasteiger partial charge in [0.1, 0.15) is 5.75 Å². The number of rotatable bonds is 2. The molecule has 0 saturated heterocycles. The Labute approximate surface area is 119 Å². The van der Waals surface area contributed by atoms with Crippen molar-refractivity contribution in [3.63, 3.8) is 0 Å². The van der Waals surface area contributed by atoms with Crippen LogP contribution in [0.3, 0.4) is 0 Å². The van der Waals surface area contributed by atoms with Gasteiger partial charge in [0, 0.05) is 10.7 Å². The standard InChI is InChI=1S/C14H12BrN3O/c1-9-13-12(15)7-8-16-14(13)18(17-9)10-3-5-11(19-2)6-4-10/h3-8H,1-2H3. The molecule has 0 aliphatic heterocycles. The molecular weight excluding hydrogens is 306 g/mol. The second kappa shape index (κ2) is 4.66. The monoisotopic (exact) mass is 317 g/mol. The summed E-state index contributed by atoms with van der Waals surface area (Å²) in [7, 11) is 1.65. The Balaban J connectivity index is 2.22. The quantitative estimate of drug-likeness (QED) is 0.726. The van der Waals surface area contributed by atoms with Crippen LogP contribution in [0, 0.1) is 6.92 Å². The predicted molar refractivity (Wildman–Crippen MR) is 77.9 cm³/mol. The van der Waals surface area contributed by atoms with Crippen LogP contribution in [0.2, 0.25) is 0 Å². The molecule has 5 heteroatoms. The first-order valence-corrected chi connectivity index (χ1v) is 6.64. The first-order valence-electron chi connectivity index (χ1n) is 5.85. The van der Waals surface area contributed by atoms with Gasteiger partial charge in [-0.25, -0.2) is 9.67 Å². The van der Waals surface area contributed by atoms with Gasteiger partial charge >= 0.3 is 0 Å². The molecule has 0 aliphatic carbocycles. The molecule has 0 bridgehead atoms. The maximum Gasteiger partial charge on any atom is 0.164 e. The van der Waals surface area contributed by atoms with E-state index in [-0.39, 0.29) is 0 Å². The van der Waals surface area contributed by atoms with Crippen molar-refractivity contribution in [2.45, 2.75) is 6.92 Å². The number of aryl methyl sites for hydroxylation is 1. The molecule has 3 rings (SSSR count). The summed E-state index contributed by atoms with van der Waals surface area (Å²) >= 11 is 3.54. The van der Waals surface area contributed by atoms with Crippen molar-refractivity contribution in [2.75, 3.05) is 7.11 Å². The molecule has 0 spiro atoms. The third-order valence-electron chi connectivity index (χ3n) is 3.01. The van der Waals surface area contributed by atoms with E-state index in [2.05, 4.69) is 26.0 Å². The van der Waals surface area contributed by atoms with E-state index in [1.54, 1.807) is 13.3 Å². The van der Waals surface area contributed by atoms with Gasteiger partial charge in [-0.05, 0) is 53.2 Å². The molecule has 0 saturated carbocycles. The van der Waals surface area contributed by atoms with Gasteiger partial charge < -0.3 is 4.74 Å². The SMILES string of the molecule is COc1ccc(-n2nc(C)c3c(Br)ccnc32)cc1. The van der Waals surface area contributed by atoms with Gasteiger partial charge in [0.15, 0.2) is 5.65 Å². The summed E-state index contributed by atoms with van der Waals surface area (Å²) in [6.07, 6.45) is 1.77. The van der Waals surface area contributed by atoms with Gasteiger partial charge in [-0.15, -0.1) is 0 Å². The lowest BCUT2D eigenvalue weighted by Crippen LogP contribution is -1.97. The van der Waals surface area contributed by atoms with Gasteiger partial charge in [0.2, 0.25) is 0 Å². The number of halogens is 1. The lowest BCUT2D eigenvalue weighted by molar-refractivity contribution is 0.414. The number of fused-ring (bicyclic) bond motifs is 1. The first-order chi connectivity index (χ1) is 9.20. The van der Waals surface area contributed by atoms with E-state index in [0.717, 1.165) is 32.6 Å². The fraction of sp³-hybridized carbons (Fsp3) is 0.143. The smallest absolute Gasteiger partial charge is 0.164 e. The number of methoxy groups -OCH3 is 1. The minimum Gasteiger partial charge on any atom is -0.497 e. The van der Waals surface area contributed by atoms with E-state index in [1.807, 2.05) is 41.9 Å². The molecule has 0 fully saturated rings. The summed E-state index contributed by atoms with van der Waals surface area (Å²) < 4.78 is 8.02. The van der Waals surface area contributed by atoms with E-state index in [1.165, 1.54) is 0 Å². The van der Waals surface area contributed by atoms with Crippen molar-refractivity contribution in [1.29, 1.82) is 0 Å². The number of ether oxygens (including phenoxy) is 1. The molecule has 0 aliphatic rings. The highest BCUT2D eigenvalue weighted by atomic mass is 79.9. The van der Waals surface area contributed by atoms with Crippen LogP contribution in [0.5, 0.6) is 5.75 Å². The van der Waals surface area contributed by atoms with E-state index < -0.39 is 0 Å². The van der Waals surface area contributed by atoms with Gasteiger partial charge in [-0.2, -0.15) is 5.10 Å². The van der Waals surface area contributed by atoms with Crippen LogP contribution in [0.15, 0.2) is 41.0 Å². The minimum atomic E-state index is 0.825. The van der Waals surface area contributed by atoms with Crippen molar-refractivity contribution in [3.8, 4) is 11.4 Å². The molecule has 2 heterocycles. The fourth-order valence-corrected chi connectivity index (χ4v) is 2.66. The van der Waals surface area contributed by atoms with Gasteiger partial charge in [0.05, 0.1) is 23.9 Å². The molecule has 0 radical (unpaired) electrons. The molecular formula is C14H12BrN3O. The van der Waals surface area contributed by atoms with E-state index in [9.17, 15) is 0 Å². The molecule has 96 valence electrons. The fourth-order valence-electron chi connectivity index (χ4n) is 2.07. The van der Waals surface area contributed by atoms with Crippen molar-refractivity contribution in [3.05, 3.63) is 46.7 Å². The molecule has 3 aromatic rings. The highest BCUT2D eigenvalue weighted by Crippen LogP contribution is 2.27. The van der Waals surface area contributed by atoms with E-state index in [0.29, 0.717) is 0 Å². The van der Waals surface area contributed by atoms with Crippen LogP contribution in [0.4, 0.5) is 0 Å². The van der Waals surface area contributed by atoms with Crippen LogP contribution in [-0.4, -0.2) is 21.9 Å². The van der Waals surface area contributed by atoms with Crippen LogP contribution >= 0.6 is 15.9 Å². The van der Waals surface area contributed by atoms with E-state index in [4.69, 9.17) is 4.74 Å². The summed E-state index contributed by atoms with van der Waals surface area (Å²) in [6, 6.07) is 9.68. The number of aromatic nitrogens is 3. The van der Waals surface area contributed by atoms with Crippen molar-refractivity contribution >= 4 is 27.0 Å². The third kappa shape index (κ3) is 2.00. The zero-order valence-electron chi connectivity index (χ0n) is 10.6. The summed E-state index contributed by atoms with van der Waals surface area (Å²) in [5.41, 5.74) is 2.76. The van der Waals surface area contributed by atoms with Crippen molar-refractivity contribution in [1.82, 2.24) is 14.8 Å². The zero-order valence-corrected chi connectivity index (χ0v) is 12.2. The van der Waals surface area contributed by atoms with E-state index >= 15 is 0 Å². The zero-order chi connectivity index (χ0) is 13.4. The second-order valence-electron chi connectivity index (χ2n) is 4.19.